The Morgan fingerprint density at radius 1 is 1.33 bits per heavy atom. The van der Waals surface area contributed by atoms with E-state index in [9.17, 15) is 8.42 Å². The first-order chi connectivity index (χ1) is 12.9. The number of nitrogens with zero attached hydrogens (tertiary/aromatic N) is 2. The fourth-order valence-corrected chi connectivity index (χ4v) is 5.06. The highest BCUT2D eigenvalue weighted by Crippen LogP contribution is 2.20. The lowest BCUT2D eigenvalue weighted by Crippen LogP contribution is -2.37. The lowest BCUT2D eigenvalue weighted by atomic mass is 10.1. The Bertz CT molecular complexity index is 849. The summed E-state index contributed by atoms with van der Waals surface area (Å²) in [5.41, 5.74) is 1.73. The number of aliphatic imine (C=N–C) groups is 1. The molecule has 0 saturated heterocycles. The van der Waals surface area contributed by atoms with Gasteiger partial charge in [-0.3, -0.25) is 0 Å². The third-order valence-corrected chi connectivity index (χ3v) is 6.96. The summed E-state index contributed by atoms with van der Waals surface area (Å²) in [6, 6.07) is 5.36. The molecule has 0 fully saturated rings. The predicted molar refractivity (Wildman–Crippen MR) is 115 cm³/mol. The van der Waals surface area contributed by atoms with Gasteiger partial charge in [-0.2, -0.15) is 0 Å². The Morgan fingerprint density at radius 3 is 2.78 bits per heavy atom. The second-order valence-corrected chi connectivity index (χ2v) is 10.2. The second-order valence-electron chi connectivity index (χ2n) is 5.99. The minimum atomic E-state index is -3.19. The molecule has 0 aliphatic rings. The Labute approximate surface area is 169 Å². The molecule has 0 unspecified atom stereocenters. The normalized spacial score (nSPS) is 12.2. The monoisotopic (exact) mass is 426 g/mol. The van der Waals surface area contributed by atoms with Gasteiger partial charge in [0.2, 0.25) is 0 Å². The van der Waals surface area contributed by atoms with Crippen LogP contribution in [0.3, 0.4) is 0 Å². The molecular formula is C18H26N4O2S3. The van der Waals surface area contributed by atoms with Crippen molar-refractivity contribution in [2.75, 3.05) is 25.1 Å². The lowest BCUT2D eigenvalue weighted by Gasteiger charge is -2.11. The average molecular weight is 427 g/mol. The molecule has 9 heteroatoms. The highest BCUT2D eigenvalue weighted by Gasteiger charge is 2.10. The van der Waals surface area contributed by atoms with E-state index in [1.54, 1.807) is 29.2 Å². The maximum atomic E-state index is 11.7. The number of thioether (sulfide) groups is 1. The van der Waals surface area contributed by atoms with Crippen molar-refractivity contribution < 1.29 is 8.42 Å². The van der Waals surface area contributed by atoms with E-state index >= 15 is 0 Å². The highest BCUT2D eigenvalue weighted by molar-refractivity contribution is 8.01. The molecule has 1 aromatic heterocycles. The first-order valence-electron chi connectivity index (χ1n) is 8.74. The Morgan fingerprint density at radius 2 is 2.15 bits per heavy atom. The number of rotatable bonds is 9. The number of nitrogens with one attached hydrogen (secondary N) is 2. The third kappa shape index (κ3) is 7.51. The maximum Gasteiger partial charge on any atom is 0.191 e. The number of aryl methyl sites for hydroxylation is 1. The summed E-state index contributed by atoms with van der Waals surface area (Å²) < 4.78 is 24.5. The molecule has 27 heavy (non-hydrogen) atoms. The molecule has 1 aromatic carbocycles. The van der Waals surface area contributed by atoms with Crippen LogP contribution >= 0.6 is 23.1 Å². The maximum absolute atomic E-state index is 11.7. The van der Waals surface area contributed by atoms with Crippen LogP contribution in [-0.4, -0.2) is 44.5 Å². The molecule has 0 bridgehead atoms. The minimum Gasteiger partial charge on any atom is -0.357 e. The summed E-state index contributed by atoms with van der Waals surface area (Å²) >= 11 is 3.43. The van der Waals surface area contributed by atoms with E-state index in [0.29, 0.717) is 11.4 Å². The molecule has 0 radical (unpaired) electrons. The smallest absolute Gasteiger partial charge is 0.191 e. The van der Waals surface area contributed by atoms with Crippen LogP contribution in [0.25, 0.3) is 0 Å². The number of guanidine groups is 1. The number of hydrogen-bond donors (Lipinski definition) is 2. The van der Waals surface area contributed by atoms with Gasteiger partial charge in [0.1, 0.15) is 4.34 Å². The number of thiazole rings is 1. The van der Waals surface area contributed by atoms with Gasteiger partial charge in [0, 0.05) is 36.7 Å². The Hall–Kier alpha value is -1.58. The standard InChI is InChI=1S/C18H26N4O2S3/c1-4-19-17(20-8-5-10-25-18-21-9-11-26-18)22-13-15-6-7-16(14(2)12-15)27(3,23)24/h6-7,9,11-12H,4-5,8,10,13H2,1-3H3,(H2,19,20,22). The molecule has 0 amide bonds. The number of sulfone groups is 1. The van der Waals surface area contributed by atoms with Crippen molar-refractivity contribution in [1.82, 2.24) is 15.6 Å². The molecule has 0 aliphatic carbocycles. The van der Waals surface area contributed by atoms with Crippen LogP contribution in [0.2, 0.25) is 0 Å². The van der Waals surface area contributed by atoms with Crippen LogP contribution in [0.15, 0.2) is 44.0 Å². The van der Waals surface area contributed by atoms with Gasteiger partial charge in [-0.1, -0.05) is 23.9 Å². The van der Waals surface area contributed by atoms with Crippen LogP contribution in [-0.2, 0) is 16.4 Å². The molecule has 2 aromatic rings. The first kappa shape index (κ1) is 21.7. The van der Waals surface area contributed by atoms with E-state index < -0.39 is 9.84 Å². The van der Waals surface area contributed by atoms with Gasteiger partial charge in [-0.05, 0) is 37.5 Å². The lowest BCUT2D eigenvalue weighted by molar-refractivity contribution is 0.601. The molecule has 2 N–H and O–H groups in total. The van der Waals surface area contributed by atoms with Gasteiger partial charge in [0.15, 0.2) is 15.8 Å². The van der Waals surface area contributed by atoms with Gasteiger partial charge in [-0.25, -0.2) is 18.4 Å². The fourth-order valence-electron chi connectivity index (χ4n) is 2.46. The van der Waals surface area contributed by atoms with E-state index in [1.165, 1.54) is 6.26 Å². The minimum absolute atomic E-state index is 0.373. The Balaban J connectivity index is 1.86. The zero-order valence-electron chi connectivity index (χ0n) is 15.9. The largest absolute Gasteiger partial charge is 0.357 e. The van der Waals surface area contributed by atoms with Crippen molar-refractivity contribution >= 4 is 38.9 Å². The highest BCUT2D eigenvalue weighted by atomic mass is 32.2. The van der Waals surface area contributed by atoms with E-state index in [0.717, 1.165) is 46.7 Å². The van der Waals surface area contributed by atoms with Gasteiger partial charge >= 0.3 is 0 Å². The summed E-state index contributed by atoms with van der Waals surface area (Å²) in [4.78, 5) is 9.22. The second kappa shape index (κ2) is 10.7. The third-order valence-electron chi connectivity index (χ3n) is 3.65. The van der Waals surface area contributed by atoms with Crippen molar-refractivity contribution in [3.8, 4) is 0 Å². The van der Waals surface area contributed by atoms with E-state index in [-0.39, 0.29) is 0 Å². The van der Waals surface area contributed by atoms with Crippen molar-refractivity contribution in [3.63, 3.8) is 0 Å². The van der Waals surface area contributed by atoms with Crippen molar-refractivity contribution in [2.45, 2.75) is 36.0 Å². The number of hydrogen-bond acceptors (Lipinski definition) is 6. The SMILES string of the molecule is CCNC(=NCc1ccc(S(C)(=O)=O)c(C)c1)NCCCSc1nccs1. The van der Waals surface area contributed by atoms with Gasteiger partial charge < -0.3 is 10.6 Å². The van der Waals surface area contributed by atoms with Crippen LogP contribution in [0.5, 0.6) is 0 Å². The van der Waals surface area contributed by atoms with E-state index in [4.69, 9.17) is 0 Å². The summed E-state index contributed by atoms with van der Waals surface area (Å²) in [5, 5.41) is 8.55. The summed E-state index contributed by atoms with van der Waals surface area (Å²) in [6.07, 6.45) is 4.06. The van der Waals surface area contributed by atoms with Crippen molar-refractivity contribution in [1.29, 1.82) is 0 Å². The Kier molecular flexibility index (Phi) is 8.59. The molecule has 0 atom stereocenters. The van der Waals surface area contributed by atoms with Crippen molar-refractivity contribution in [3.05, 3.63) is 40.9 Å². The molecule has 1 heterocycles. The van der Waals surface area contributed by atoms with Gasteiger partial charge in [-0.15, -0.1) is 11.3 Å². The molecule has 0 spiro atoms. The number of aromatic nitrogens is 1. The predicted octanol–water partition coefficient (Wildman–Crippen LogP) is 3.09. The van der Waals surface area contributed by atoms with Crippen LogP contribution < -0.4 is 10.6 Å². The summed E-state index contributed by atoms with van der Waals surface area (Å²) in [6.45, 7) is 5.95. The summed E-state index contributed by atoms with van der Waals surface area (Å²) in [5.74, 6) is 1.77. The van der Waals surface area contributed by atoms with Gasteiger partial charge in [0.05, 0.1) is 11.4 Å². The average Bonchev–Trinajstić information content (AvgIpc) is 3.11. The molecule has 0 aliphatic heterocycles. The molecule has 0 saturated carbocycles. The topological polar surface area (TPSA) is 83.5 Å². The zero-order chi connectivity index (χ0) is 19.7. The van der Waals surface area contributed by atoms with Crippen LogP contribution in [0, 0.1) is 6.92 Å². The molecule has 148 valence electrons. The molecule has 6 nitrogen and oxygen atoms in total. The molecule has 2 rings (SSSR count). The van der Waals surface area contributed by atoms with Crippen molar-refractivity contribution in [2.24, 2.45) is 4.99 Å². The molecular weight excluding hydrogens is 400 g/mol. The zero-order valence-corrected chi connectivity index (χ0v) is 18.3. The summed E-state index contributed by atoms with van der Waals surface area (Å²) in [7, 11) is -3.19. The van der Waals surface area contributed by atoms with Crippen LogP contribution in [0.1, 0.15) is 24.5 Å². The van der Waals surface area contributed by atoms with E-state index in [2.05, 4.69) is 20.6 Å². The fraction of sp³-hybridized carbons (Fsp3) is 0.444. The van der Waals surface area contributed by atoms with E-state index in [1.807, 2.05) is 37.6 Å². The van der Waals surface area contributed by atoms with Crippen LogP contribution in [0.4, 0.5) is 0 Å². The quantitative estimate of drug-likeness (QED) is 0.277. The van der Waals surface area contributed by atoms with Gasteiger partial charge in [0.25, 0.3) is 0 Å². The number of benzene rings is 1. The first-order valence-corrected chi connectivity index (χ1v) is 12.5.